The molecule has 0 spiro atoms. The molecule has 3 rings (SSSR count). The molecular weight excluding hydrogens is 372 g/mol. The normalized spacial score (nSPS) is 21.8. The van der Waals surface area contributed by atoms with Crippen LogP contribution >= 0.6 is 0 Å². The number of rotatable bonds is 6. The van der Waals surface area contributed by atoms with Gasteiger partial charge < -0.3 is 26.3 Å². The first-order valence-electron chi connectivity index (χ1n) is 10.3. The van der Waals surface area contributed by atoms with Crippen molar-refractivity contribution in [1.29, 1.82) is 0 Å². The van der Waals surface area contributed by atoms with Gasteiger partial charge in [0.15, 0.2) is 5.84 Å². The second-order valence-corrected chi connectivity index (χ2v) is 7.93. The van der Waals surface area contributed by atoms with E-state index < -0.39 is 12.1 Å². The monoisotopic (exact) mass is 402 g/mol. The van der Waals surface area contributed by atoms with Crippen molar-refractivity contribution < 1.29 is 19.9 Å². The van der Waals surface area contributed by atoms with Crippen LogP contribution in [-0.4, -0.2) is 51.6 Å². The molecule has 1 aromatic carbocycles. The Hall–Kier alpha value is -2.61. The van der Waals surface area contributed by atoms with Crippen LogP contribution in [0.2, 0.25) is 0 Å². The Morgan fingerprint density at radius 2 is 1.83 bits per heavy atom. The predicted molar refractivity (Wildman–Crippen MR) is 108 cm³/mol. The Bertz CT molecular complexity index is 744. The molecule has 1 aliphatic heterocycles. The van der Waals surface area contributed by atoms with Crippen molar-refractivity contribution in [3.05, 3.63) is 35.4 Å². The van der Waals surface area contributed by atoms with Crippen LogP contribution in [-0.2, 0) is 16.1 Å². The summed E-state index contributed by atoms with van der Waals surface area (Å²) in [6, 6.07) is 6.47. The van der Waals surface area contributed by atoms with Crippen LogP contribution in [0.5, 0.6) is 0 Å². The summed E-state index contributed by atoms with van der Waals surface area (Å²) in [5, 5.41) is 25.1. The standard InChI is InChI=1S/C21H30N4O4/c22-19(24-29)16-10-8-14(9-11-16)13-23-20(27)17-7-4-12-25(17)21(28)18(26)15-5-2-1-3-6-15/h8-11,15,17-18,26,29H,1-7,12-13H2,(H2,22,24)(H,23,27). The van der Waals surface area contributed by atoms with E-state index in [-0.39, 0.29) is 23.6 Å². The molecule has 1 saturated heterocycles. The summed E-state index contributed by atoms with van der Waals surface area (Å²) in [6.45, 7) is 0.828. The van der Waals surface area contributed by atoms with E-state index in [4.69, 9.17) is 10.9 Å². The molecule has 2 atom stereocenters. The molecule has 8 heteroatoms. The largest absolute Gasteiger partial charge is 0.409 e. The average molecular weight is 402 g/mol. The lowest BCUT2D eigenvalue weighted by molar-refractivity contribution is -0.148. The Morgan fingerprint density at radius 1 is 1.14 bits per heavy atom. The molecule has 2 fully saturated rings. The average Bonchev–Trinajstić information content (AvgIpc) is 3.27. The number of nitrogens with zero attached hydrogens (tertiary/aromatic N) is 2. The summed E-state index contributed by atoms with van der Waals surface area (Å²) < 4.78 is 0. The third kappa shape index (κ3) is 5.06. The summed E-state index contributed by atoms with van der Waals surface area (Å²) >= 11 is 0. The highest BCUT2D eigenvalue weighted by molar-refractivity contribution is 5.97. The van der Waals surface area contributed by atoms with E-state index in [0.717, 1.165) is 44.1 Å². The number of hydrogen-bond acceptors (Lipinski definition) is 5. The maximum atomic E-state index is 12.8. The molecule has 29 heavy (non-hydrogen) atoms. The number of carbonyl (C=O) groups excluding carboxylic acids is 2. The molecule has 2 unspecified atom stereocenters. The van der Waals surface area contributed by atoms with E-state index in [0.29, 0.717) is 25.1 Å². The zero-order valence-corrected chi connectivity index (χ0v) is 16.6. The number of carbonyl (C=O) groups is 2. The highest BCUT2D eigenvalue weighted by Crippen LogP contribution is 2.29. The van der Waals surface area contributed by atoms with Gasteiger partial charge in [-0.05, 0) is 37.2 Å². The SMILES string of the molecule is N/C(=N\O)c1ccc(CNC(=O)C2CCCN2C(=O)C(O)C2CCCCC2)cc1. The number of hydrogen-bond donors (Lipinski definition) is 4. The first-order chi connectivity index (χ1) is 14.0. The van der Waals surface area contributed by atoms with Crippen molar-refractivity contribution in [3.8, 4) is 0 Å². The summed E-state index contributed by atoms with van der Waals surface area (Å²) in [5.74, 6) is -0.476. The number of nitrogens with two attached hydrogens (primary N) is 1. The van der Waals surface area contributed by atoms with Crippen LogP contribution in [0.4, 0.5) is 0 Å². The van der Waals surface area contributed by atoms with Gasteiger partial charge in [-0.2, -0.15) is 0 Å². The van der Waals surface area contributed by atoms with Crippen LogP contribution in [0.3, 0.4) is 0 Å². The number of amides is 2. The van der Waals surface area contributed by atoms with Crippen LogP contribution in [0, 0.1) is 5.92 Å². The molecule has 5 N–H and O–H groups in total. The zero-order valence-electron chi connectivity index (χ0n) is 16.6. The molecule has 1 saturated carbocycles. The molecule has 2 aliphatic rings. The van der Waals surface area contributed by atoms with E-state index in [1.54, 1.807) is 29.2 Å². The molecular formula is C21H30N4O4. The highest BCUT2D eigenvalue weighted by atomic mass is 16.4. The molecule has 1 heterocycles. The minimum Gasteiger partial charge on any atom is -0.409 e. The van der Waals surface area contributed by atoms with Crippen molar-refractivity contribution in [2.75, 3.05) is 6.54 Å². The van der Waals surface area contributed by atoms with Gasteiger partial charge in [0, 0.05) is 18.7 Å². The maximum absolute atomic E-state index is 12.8. The van der Waals surface area contributed by atoms with E-state index in [9.17, 15) is 14.7 Å². The summed E-state index contributed by atoms with van der Waals surface area (Å²) in [4.78, 5) is 27.1. The molecule has 2 amide bonds. The number of nitrogens with one attached hydrogen (secondary N) is 1. The van der Waals surface area contributed by atoms with E-state index in [1.807, 2.05) is 0 Å². The fourth-order valence-electron chi connectivity index (χ4n) is 4.28. The minimum absolute atomic E-state index is 0.00831. The Labute approximate surface area is 170 Å². The third-order valence-corrected chi connectivity index (χ3v) is 6.01. The predicted octanol–water partition coefficient (Wildman–Crippen LogP) is 1.33. The van der Waals surface area contributed by atoms with E-state index in [1.165, 1.54) is 0 Å². The molecule has 0 aromatic heterocycles. The van der Waals surface area contributed by atoms with Crippen molar-refractivity contribution in [3.63, 3.8) is 0 Å². The zero-order chi connectivity index (χ0) is 20.8. The van der Waals surface area contributed by atoms with Gasteiger partial charge in [0.05, 0.1) is 0 Å². The second kappa shape index (κ2) is 9.73. The van der Waals surface area contributed by atoms with Gasteiger partial charge in [0.2, 0.25) is 5.91 Å². The first-order valence-corrected chi connectivity index (χ1v) is 10.3. The molecule has 1 aromatic rings. The molecule has 158 valence electrons. The number of benzene rings is 1. The lowest BCUT2D eigenvalue weighted by Crippen LogP contribution is -2.50. The third-order valence-electron chi connectivity index (χ3n) is 6.01. The lowest BCUT2D eigenvalue weighted by Gasteiger charge is -2.31. The van der Waals surface area contributed by atoms with E-state index >= 15 is 0 Å². The topological polar surface area (TPSA) is 128 Å². The molecule has 0 radical (unpaired) electrons. The number of aliphatic hydroxyl groups is 1. The Morgan fingerprint density at radius 3 is 2.48 bits per heavy atom. The second-order valence-electron chi connectivity index (χ2n) is 7.93. The lowest BCUT2D eigenvalue weighted by atomic mass is 9.84. The molecule has 8 nitrogen and oxygen atoms in total. The quantitative estimate of drug-likeness (QED) is 0.247. The van der Waals surface area contributed by atoms with Gasteiger partial charge in [-0.15, -0.1) is 0 Å². The van der Waals surface area contributed by atoms with Crippen LogP contribution in [0.1, 0.15) is 56.1 Å². The van der Waals surface area contributed by atoms with Crippen molar-refractivity contribution >= 4 is 17.6 Å². The van der Waals surface area contributed by atoms with Crippen molar-refractivity contribution in [2.45, 2.75) is 63.6 Å². The Kier molecular flexibility index (Phi) is 7.09. The summed E-state index contributed by atoms with van der Waals surface area (Å²) in [7, 11) is 0. The number of likely N-dealkylation sites (tertiary alicyclic amines) is 1. The minimum atomic E-state index is -1.00. The van der Waals surface area contributed by atoms with Gasteiger partial charge in [-0.25, -0.2) is 0 Å². The maximum Gasteiger partial charge on any atom is 0.252 e. The van der Waals surface area contributed by atoms with Crippen LogP contribution in [0.25, 0.3) is 0 Å². The van der Waals surface area contributed by atoms with Crippen LogP contribution in [0.15, 0.2) is 29.4 Å². The smallest absolute Gasteiger partial charge is 0.252 e. The first kappa shape index (κ1) is 21.1. The van der Waals surface area contributed by atoms with E-state index in [2.05, 4.69) is 10.5 Å². The van der Waals surface area contributed by atoms with Crippen molar-refractivity contribution in [1.82, 2.24) is 10.2 Å². The number of amidine groups is 1. The van der Waals surface area contributed by atoms with Gasteiger partial charge in [-0.3, -0.25) is 9.59 Å². The summed E-state index contributed by atoms with van der Waals surface area (Å²) in [5.41, 5.74) is 7.00. The summed E-state index contributed by atoms with van der Waals surface area (Å²) in [6.07, 6.45) is 5.37. The van der Waals surface area contributed by atoms with Gasteiger partial charge in [0.1, 0.15) is 12.1 Å². The number of aliphatic hydroxyl groups excluding tert-OH is 1. The van der Waals surface area contributed by atoms with Crippen LogP contribution < -0.4 is 11.1 Å². The number of oxime groups is 1. The van der Waals surface area contributed by atoms with Gasteiger partial charge >= 0.3 is 0 Å². The van der Waals surface area contributed by atoms with Gasteiger partial charge in [-0.1, -0.05) is 48.7 Å². The fourth-order valence-corrected chi connectivity index (χ4v) is 4.28. The van der Waals surface area contributed by atoms with Gasteiger partial charge in [0.25, 0.3) is 5.91 Å². The Balaban J connectivity index is 1.56. The molecule has 1 aliphatic carbocycles. The highest BCUT2D eigenvalue weighted by Gasteiger charge is 2.39. The molecule has 0 bridgehead atoms. The van der Waals surface area contributed by atoms with Crippen molar-refractivity contribution in [2.24, 2.45) is 16.8 Å². The fraction of sp³-hybridized carbons (Fsp3) is 0.571.